The van der Waals surface area contributed by atoms with E-state index >= 15 is 0 Å². The van der Waals surface area contributed by atoms with Crippen LogP contribution in [0, 0.1) is 6.92 Å². The molecule has 2 rings (SSSR count). The number of aryl methyl sites for hydroxylation is 1. The average Bonchev–Trinajstić information content (AvgIpc) is 2.84. The molecule has 0 saturated heterocycles. The summed E-state index contributed by atoms with van der Waals surface area (Å²) in [6.07, 6.45) is 1.82. The third kappa shape index (κ3) is 7.40. The molecule has 34 heavy (non-hydrogen) atoms. The third-order valence-corrected chi connectivity index (χ3v) is 7.72. The van der Waals surface area contributed by atoms with Crippen molar-refractivity contribution in [1.29, 1.82) is 0 Å². The van der Waals surface area contributed by atoms with Crippen LogP contribution < -0.4 is 5.32 Å². The molecule has 0 heterocycles. The molecule has 2 aromatic carbocycles. The monoisotopic (exact) mass is 487 g/mol. The molecule has 1 atom stereocenters. The minimum Gasteiger partial charge on any atom is -0.354 e. The second-order valence-corrected chi connectivity index (χ2v) is 10.5. The van der Waals surface area contributed by atoms with Crippen LogP contribution in [0.5, 0.6) is 0 Å². The summed E-state index contributed by atoms with van der Waals surface area (Å²) in [6.45, 7) is 6.97. The summed E-state index contributed by atoms with van der Waals surface area (Å²) in [7, 11) is -2.09. The van der Waals surface area contributed by atoms with Crippen molar-refractivity contribution in [2.75, 3.05) is 20.1 Å². The van der Waals surface area contributed by atoms with E-state index < -0.39 is 16.1 Å². The smallest absolute Gasteiger partial charge is 0.242 e. The molecule has 2 amide bonds. The Balaban J connectivity index is 2.12. The predicted molar refractivity (Wildman–Crippen MR) is 135 cm³/mol. The van der Waals surface area contributed by atoms with Crippen LogP contribution in [-0.2, 0) is 26.2 Å². The largest absolute Gasteiger partial charge is 0.354 e. The van der Waals surface area contributed by atoms with E-state index in [9.17, 15) is 18.0 Å². The molecule has 0 aliphatic carbocycles. The van der Waals surface area contributed by atoms with Crippen molar-refractivity contribution in [1.82, 2.24) is 14.5 Å². The molecule has 1 N–H and O–H groups in total. The normalized spacial score (nSPS) is 12.4. The van der Waals surface area contributed by atoms with Crippen LogP contribution in [0.3, 0.4) is 0 Å². The fourth-order valence-corrected chi connectivity index (χ4v) is 4.98. The number of sulfonamides is 1. The zero-order valence-electron chi connectivity index (χ0n) is 20.7. The number of nitrogens with zero attached hydrogens (tertiary/aromatic N) is 2. The number of benzene rings is 2. The fraction of sp³-hybridized carbons (Fsp3) is 0.462. The molecular weight excluding hydrogens is 450 g/mol. The van der Waals surface area contributed by atoms with Crippen molar-refractivity contribution in [2.45, 2.75) is 63.9 Å². The number of hydrogen-bond acceptors (Lipinski definition) is 4. The highest BCUT2D eigenvalue weighted by atomic mass is 32.2. The van der Waals surface area contributed by atoms with Gasteiger partial charge in [0.05, 0.1) is 4.90 Å². The zero-order chi connectivity index (χ0) is 25.1. The van der Waals surface area contributed by atoms with Crippen LogP contribution >= 0.6 is 0 Å². The van der Waals surface area contributed by atoms with Crippen LogP contribution in [0.25, 0.3) is 0 Å². The van der Waals surface area contributed by atoms with E-state index in [0.717, 1.165) is 17.5 Å². The molecule has 0 aliphatic rings. The lowest BCUT2D eigenvalue weighted by molar-refractivity contribution is -0.141. The second kappa shape index (κ2) is 13.2. The van der Waals surface area contributed by atoms with Crippen LogP contribution in [0.1, 0.15) is 50.7 Å². The van der Waals surface area contributed by atoms with Gasteiger partial charge in [0, 0.05) is 33.1 Å². The summed E-state index contributed by atoms with van der Waals surface area (Å²) < 4.78 is 26.8. The molecule has 2 aromatic rings. The first-order valence-corrected chi connectivity index (χ1v) is 13.3. The highest BCUT2D eigenvalue weighted by Crippen LogP contribution is 2.18. The van der Waals surface area contributed by atoms with Crippen LogP contribution in [0.4, 0.5) is 0 Å². The molecule has 0 aliphatic heterocycles. The van der Waals surface area contributed by atoms with Crippen molar-refractivity contribution >= 4 is 21.8 Å². The van der Waals surface area contributed by atoms with Gasteiger partial charge < -0.3 is 10.2 Å². The number of hydrogen-bond donors (Lipinski definition) is 1. The molecule has 0 spiro atoms. The first-order chi connectivity index (χ1) is 16.2. The van der Waals surface area contributed by atoms with Gasteiger partial charge in [-0.25, -0.2) is 12.7 Å². The van der Waals surface area contributed by atoms with Crippen LogP contribution in [0.2, 0.25) is 0 Å². The van der Waals surface area contributed by atoms with Gasteiger partial charge >= 0.3 is 0 Å². The molecule has 0 unspecified atom stereocenters. The van der Waals surface area contributed by atoms with Gasteiger partial charge in [0.1, 0.15) is 6.04 Å². The van der Waals surface area contributed by atoms with E-state index in [-0.39, 0.29) is 29.7 Å². The molecule has 0 saturated carbocycles. The molecule has 7 nitrogen and oxygen atoms in total. The first kappa shape index (κ1) is 27.5. The maximum absolute atomic E-state index is 13.3. The Kier molecular flexibility index (Phi) is 10.7. The van der Waals surface area contributed by atoms with Gasteiger partial charge in [-0.15, -0.1) is 0 Å². The van der Waals surface area contributed by atoms with E-state index in [4.69, 9.17) is 0 Å². The summed E-state index contributed by atoms with van der Waals surface area (Å²) in [6, 6.07) is 15.5. The number of rotatable bonds is 13. The highest BCUT2D eigenvalue weighted by molar-refractivity contribution is 7.89. The summed E-state index contributed by atoms with van der Waals surface area (Å²) >= 11 is 0. The molecule has 0 fully saturated rings. The zero-order valence-corrected chi connectivity index (χ0v) is 21.5. The number of amides is 2. The Morgan fingerprint density at radius 2 is 1.65 bits per heavy atom. The second-order valence-electron chi connectivity index (χ2n) is 8.41. The summed E-state index contributed by atoms with van der Waals surface area (Å²) in [4.78, 5) is 28.0. The van der Waals surface area contributed by atoms with Crippen LogP contribution in [0.15, 0.2) is 59.5 Å². The minimum atomic E-state index is -3.61. The van der Waals surface area contributed by atoms with Gasteiger partial charge in [0.25, 0.3) is 0 Å². The highest BCUT2D eigenvalue weighted by Gasteiger charge is 2.29. The SMILES string of the molecule is CCCNC(=O)[C@H](CC)N(Cc1ccccc1C)C(=O)CCCN(C)S(=O)(=O)c1ccccc1. The van der Waals surface area contributed by atoms with Crippen molar-refractivity contribution in [3.05, 3.63) is 65.7 Å². The Morgan fingerprint density at radius 3 is 2.26 bits per heavy atom. The molecule has 8 heteroatoms. The maximum atomic E-state index is 13.3. The van der Waals surface area contributed by atoms with Gasteiger partial charge in [0.15, 0.2) is 0 Å². The third-order valence-electron chi connectivity index (χ3n) is 5.85. The van der Waals surface area contributed by atoms with E-state index in [1.165, 1.54) is 11.4 Å². The van der Waals surface area contributed by atoms with Gasteiger partial charge in [-0.1, -0.05) is 56.3 Å². The van der Waals surface area contributed by atoms with Crippen molar-refractivity contribution < 1.29 is 18.0 Å². The Hall–Kier alpha value is -2.71. The molecular formula is C26H37N3O4S. The van der Waals surface area contributed by atoms with Crippen molar-refractivity contribution in [2.24, 2.45) is 0 Å². The van der Waals surface area contributed by atoms with E-state index in [1.54, 1.807) is 35.2 Å². The number of nitrogens with one attached hydrogen (secondary N) is 1. The van der Waals surface area contributed by atoms with E-state index in [2.05, 4.69) is 5.32 Å². The Bertz CT molecular complexity index is 1040. The fourth-order valence-electron chi connectivity index (χ4n) is 3.75. The standard InChI is InChI=1S/C26H37N3O4S/c1-5-18-27-26(31)24(6-2)29(20-22-14-11-10-13-21(22)3)25(30)17-12-19-28(4)34(32,33)23-15-8-7-9-16-23/h7-11,13-16,24H,5-6,12,17-20H2,1-4H3,(H,27,31)/t24-/m0/s1. The summed E-state index contributed by atoms with van der Waals surface area (Å²) in [5, 5.41) is 2.91. The maximum Gasteiger partial charge on any atom is 0.242 e. The van der Waals surface area contributed by atoms with Gasteiger partial charge in [-0.05, 0) is 49.4 Å². The average molecular weight is 488 g/mol. The van der Waals surface area contributed by atoms with E-state index in [0.29, 0.717) is 25.9 Å². The van der Waals surface area contributed by atoms with Crippen LogP contribution in [-0.4, -0.2) is 55.6 Å². The predicted octanol–water partition coefficient (Wildman–Crippen LogP) is 3.73. The quantitative estimate of drug-likeness (QED) is 0.466. The topological polar surface area (TPSA) is 86.8 Å². The lowest BCUT2D eigenvalue weighted by atomic mass is 10.1. The lowest BCUT2D eigenvalue weighted by Crippen LogP contribution is -2.49. The summed E-state index contributed by atoms with van der Waals surface area (Å²) in [5.74, 6) is -0.317. The molecule has 0 aromatic heterocycles. The van der Waals surface area contributed by atoms with Gasteiger partial charge in [0.2, 0.25) is 21.8 Å². The lowest BCUT2D eigenvalue weighted by Gasteiger charge is -2.31. The van der Waals surface area contributed by atoms with Crippen molar-refractivity contribution in [3.63, 3.8) is 0 Å². The molecule has 0 radical (unpaired) electrons. The minimum absolute atomic E-state index is 0.151. The van der Waals surface area contributed by atoms with E-state index in [1.807, 2.05) is 45.0 Å². The van der Waals surface area contributed by atoms with Crippen molar-refractivity contribution in [3.8, 4) is 0 Å². The summed E-state index contributed by atoms with van der Waals surface area (Å²) in [5.41, 5.74) is 2.04. The Labute approximate surface area is 204 Å². The van der Waals surface area contributed by atoms with Gasteiger partial charge in [-0.3, -0.25) is 9.59 Å². The molecule has 186 valence electrons. The molecule has 0 bridgehead atoms. The first-order valence-electron chi connectivity index (χ1n) is 11.8. The number of carbonyl (C=O) groups excluding carboxylic acids is 2. The van der Waals surface area contributed by atoms with Gasteiger partial charge in [-0.2, -0.15) is 0 Å². The number of carbonyl (C=O) groups is 2. The Morgan fingerprint density at radius 1 is 1.00 bits per heavy atom.